The normalized spacial score (nSPS) is 22.0. The molecule has 1 aliphatic rings. The van der Waals surface area contributed by atoms with Gasteiger partial charge in [-0.2, -0.15) is 0 Å². The van der Waals surface area contributed by atoms with E-state index in [0.29, 0.717) is 24.6 Å². The Morgan fingerprint density at radius 1 is 1.00 bits per heavy atom. The monoisotopic (exact) mass is 207 g/mol. The van der Waals surface area contributed by atoms with E-state index in [1.54, 1.807) is 0 Å². The van der Waals surface area contributed by atoms with Crippen molar-refractivity contribution >= 4 is 34.7 Å². The molecular weight excluding hydrogens is 197 g/mol. The third kappa shape index (κ3) is 4.33. The molecular formula is C4H11Cl2NO2S. The van der Waals surface area contributed by atoms with E-state index in [2.05, 4.69) is 5.32 Å². The molecule has 1 N–H and O–H groups in total. The Morgan fingerprint density at radius 3 is 1.60 bits per heavy atom. The third-order valence-electron chi connectivity index (χ3n) is 1.18. The zero-order valence-corrected chi connectivity index (χ0v) is 7.82. The molecule has 1 heterocycles. The van der Waals surface area contributed by atoms with Crippen LogP contribution in [0.3, 0.4) is 0 Å². The quantitative estimate of drug-likeness (QED) is 0.602. The first-order chi connectivity index (χ1) is 3.71. The fourth-order valence-corrected chi connectivity index (χ4v) is 1.80. The Morgan fingerprint density at radius 2 is 1.40 bits per heavy atom. The number of rotatable bonds is 0. The average Bonchev–Trinajstić information content (AvgIpc) is 1.65. The lowest BCUT2D eigenvalue weighted by molar-refractivity contribution is 0.577. The van der Waals surface area contributed by atoms with E-state index in [4.69, 9.17) is 0 Å². The minimum Gasteiger partial charge on any atom is -0.315 e. The Kier molecular flexibility index (Phi) is 6.79. The van der Waals surface area contributed by atoms with E-state index < -0.39 is 9.84 Å². The maximum atomic E-state index is 10.6. The lowest BCUT2D eigenvalue weighted by atomic mass is 10.6. The second-order valence-corrected chi connectivity index (χ2v) is 4.21. The van der Waals surface area contributed by atoms with E-state index in [0.717, 1.165) is 0 Å². The number of nitrogens with one attached hydrogen (secondary N) is 1. The van der Waals surface area contributed by atoms with E-state index in [9.17, 15) is 8.42 Å². The molecule has 0 aromatic heterocycles. The standard InChI is InChI=1S/C4H9NO2S.2ClH/c6-8(7)3-1-5-2-4-8;;/h5H,1-4H2;2*1H. The van der Waals surface area contributed by atoms with Crippen LogP contribution in [0.25, 0.3) is 0 Å². The van der Waals surface area contributed by atoms with Crippen LogP contribution >= 0.6 is 24.8 Å². The van der Waals surface area contributed by atoms with Crippen LogP contribution in [-0.4, -0.2) is 33.0 Å². The predicted molar refractivity (Wildman–Crippen MR) is 46.0 cm³/mol. The predicted octanol–water partition coefficient (Wildman–Crippen LogP) is -0.152. The lowest BCUT2D eigenvalue weighted by Gasteiger charge is -2.10. The molecule has 0 aromatic carbocycles. The Bertz CT molecular complexity index is 156. The molecule has 1 fully saturated rings. The first kappa shape index (κ1) is 13.1. The lowest BCUT2D eigenvalue weighted by Crippen LogP contribution is -2.35. The minimum absolute atomic E-state index is 0. The molecule has 0 atom stereocenters. The van der Waals surface area contributed by atoms with Gasteiger partial charge in [0.15, 0.2) is 9.84 Å². The van der Waals surface area contributed by atoms with Crippen LogP contribution in [0.4, 0.5) is 0 Å². The summed E-state index contributed by atoms with van der Waals surface area (Å²) in [6.07, 6.45) is 0. The summed E-state index contributed by atoms with van der Waals surface area (Å²) in [5.41, 5.74) is 0. The van der Waals surface area contributed by atoms with Crippen LogP contribution < -0.4 is 5.32 Å². The van der Waals surface area contributed by atoms with E-state index in [-0.39, 0.29) is 24.8 Å². The summed E-state index contributed by atoms with van der Waals surface area (Å²) in [6.45, 7) is 1.25. The van der Waals surface area contributed by atoms with Crippen LogP contribution in [-0.2, 0) is 9.84 Å². The molecule has 64 valence electrons. The average molecular weight is 208 g/mol. The van der Waals surface area contributed by atoms with Crippen LogP contribution in [0.2, 0.25) is 0 Å². The van der Waals surface area contributed by atoms with Crippen LogP contribution in [0, 0.1) is 0 Å². The number of sulfone groups is 1. The molecule has 10 heavy (non-hydrogen) atoms. The first-order valence-corrected chi connectivity index (χ1v) is 4.44. The van der Waals surface area contributed by atoms with Crippen molar-refractivity contribution in [1.82, 2.24) is 5.32 Å². The van der Waals surface area contributed by atoms with Gasteiger partial charge in [-0.25, -0.2) is 8.42 Å². The van der Waals surface area contributed by atoms with Gasteiger partial charge in [0.25, 0.3) is 0 Å². The van der Waals surface area contributed by atoms with Gasteiger partial charge in [-0.15, -0.1) is 24.8 Å². The van der Waals surface area contributed by atoms with E-state index in [1.165, 1.54) is 0 Å². The van der Waals surface area contributed by atoms with Crippen LogP contribution in [0.15, 0.2) is 0 Å². The Hall–Kier alpha value is 0.490. The topological polar surface area (TPSA) is 46.2 Å². The maximum absolute atomic E-state index is 10.6. The second-order valence-electron chi connectivity index (χ2n) is 1.90. The minimum atomic E-state index is -2.65. The van der Waals surface area contributed by atoms with Gasteiger partial charge in [-0.3, -0.25) is 0 Å². The first-order valence-electron chi connectivity index (χ1n) is 2.62. The number of hydrogen-bond donors (Lipinski definition) is 1. The SMILES string of the molecule is Cl.Cl.O=S1(=O)CCNCC1. The molecule has 6 heteroatoms. The summed E-state index contributed by atoms with van der Waals surface area (Å²) < 4.78 is 21.2. The molecule has 0 radical (unpaired) electrons. The third-order valence-corrected chi connectivity index (χ3v) is 2.83. The molecule has 0 unspecified atom stereocenters. The highest BCUT2D eigenvalue weighted by molar-refractivity contribution is 7.91. The molecule has 0 saturated carbocycles. The fraction of sp³-hybridized carbons (Fsp3) is 1.00. The summed E-state index contributed by atoms with van der Waals surface area (Å²) in [5, 5.41) is 2.96. The van der Waals surface area contributed by atoms with Gasteiger partial charge in [0, 0.05) is 13.1 Å². The summed E-state index contributed by atoms with van der Waals surface area (Å²) in [5.74, 6) is 0.625. The summed E-state index contributed by atoms with van der Waals surface area (Å²) in [6, 6.07) is 0. The van der Waals surface area contributed by atoms with Crippen molar-refractivity contribution in [2.45, 2.75) is 0 Å². The van der Waals surface area contributed by atoms with Crippen molar-refractivity contribution in [2.75, 3.05) is 24.6 Å². The van der Waals surface area contributed by atoms with Gasteiger partial charge < -0.3 is 5.32 Å². The maximum Gasteiger partial charge on any atom is 0.152 e. The van der Waals surface area contributed by atoms with Crippen molar-refractivity contribution in [1.29, 1.82) is 0 Å². The highest BCUT2D eigenvalue weighted by Gasteiger charge is 2.13. The number of halogens is 2. The largest absolute Gasteiger partial charge is 0.315 e. The van der Waals surface area contributed by atoms with Crippen LogP contribution in [0.1, 0.15) is 0 Å². The van der Waals surface area contributed by atoms with Gasteiger partial charge in [0.2, 0.25) is 0 Å². The zero-order chi connectivity index (χ0) is 6.04. The molecule has 0 spiro atoms. The number of hydrogen-bond acceptors (Lipinski definition) is 3. The molecule has 0 bridgehead atoms. The van der Waals surface area contributed by atoms with Crippen molar-refractivity contribution in [3.63, 3.8) is 0 Å². The van der Waals surface area contributed by atoms with Gasteiger partial charge >= 0.3 is 0 Å². The van der Waals surface area contributed by atoms with Crippen LogP contribution in [0.5, 0.6) is 0 Å². The Balaban J connectivity index is 0. The van der Waals surface area contributed by atoms with Crippen molar-refractivity contribution < 1.29 is 8.42 Å². The van der Waals surface area contributed by atoms with E-state index in [1.807, 2.05) is 0 Å². The fourth-order valence-electron chi connectivity index (χ4n) is 0.682. The Labute approximate surface area is 73.3 Å². The van der Waals surface area contributed by atoms with Gasteiger partial charge in [-0.1, -0.05) is 0 Å². The highest BCUT2D eigenvalue weighted by Crippen LogP contribution is 1.91. The van der Waals surface area contributed by atoms with Crippen molar-refractivity contribution in [3.8, 4) is 0 Å². The molecule has 1 aliphatic heterocycles. The molecule has 0 aliphatic carbocycles. The van der Waals surface area contributed by atoms with Crippen molar-refractivity contribution in [2.24, 2.45) is 0 Å². The summed E-state index contributed by atoms with van der Waals surface area (Å²) in [4.78, 5) is 0. The van der Waals surface area contributed by atoms with Gasteiger partial charge in [0.05, 0.1) is 11.5 Å². The van der Waals surface area contributed by atoms with Gasteiger partial charge in [0.1, 0.15) is 0 Å². The smallest absolute Gasteiger partial charge is 0.152 e. The molecule has 1 saturated heterocycles. The van der Waals surface area contributed by atoms with Gasteiger partial charge in [-0.05, 0) is 0 Å². The highest BCUT2D eigenvalue weighted by atomic mass is 35.5. The zero-order valence-electron chi connectivity index (χ0n) is 5.37. The second kappa shape index (κ2) is 5.18. The van der Waals surface area contributed by atoms with E-state index >= 15 is 0 Å². The van der Waals surface area contributed by atoms with Crippen molar-refractivity contribution in [3.05, 3.63) is 0 Å². The molecule has 3 nitrogen and oxygen atoms in total. The summed E-state index contributed by atoms with van der Waals surface area (Å²) >= 11 is 0. The molecule has 1 rings (SSSR count). The summed E-state index contributed by atoms with van der Waals surface area (Å²) in [7, 11) is -2.65. The molecule has 0 aromatic rings. The molecule has 0 amide bonds.